The largest absolute Gasteiger partial charge is 0.479 e. The van der Waals surface area contributed by atoms with Crippen LogP contribution in [0.5, 0.6) is 0 Å². The second-order valence-corrected chi connectivity index (χ2v) is 7.19. The summed E-state index contributed by atoms with van der Waals surface area (Å²) in [7, 11) is 1.36. The van der Waals surface area contributed by atoms with Gasteiger partial charge < -0.3 is 54.4 Å². The molecule has 0 aliphatic carbocycles. The number of aliphatic carboxylic acids is 1. The summed E-state index contributed by atoms with van der Waals surface area (Å²) in [5.41, 5.74) is 0. The molecule has 2 saturated heterocycles. The van der Waals surface area contributed by atoms with Gasteiger partial charge in [-0.1, -0.05) is 6.92 Å². The fourth-order valence-corrected chi connectivity index (χ4v) is 3.66. The van der Waals surface area contributed by atoms with Crippen LogP contribution in [0.1, 0.15) is 13.3 Å². The van der Waals surface area contributed by atoms with Crippen LogP contribution < -0.4 is 0 Å². The van der Waals surface area contributed by atoms with Crippen molar-refractivity contribution in [3.05, 3.63) is 0 Å². The first-order valence-electron chi connectivity index (χ1n) is 9.52. The van der Waals surface area contributed by atoms with E-state index in [0.717, 1.165) is 0 Å². The van der Waals surface area contributed by atoms with Gasteiger partial charge in [-0.15, -0.1) is 0 Å². The zero-order chi connectivity index (χ0) is 23.0. The number of aliphatic hydroxyl groups is 5. The number of ether oxygens (including phenoxy) is 4. The van der Waals surface area contributed by atoms with Gasteiger partial charge in [0.25, 0.3) is 0 Å². The molecular formula is C18H32O12. The average molecular weight is 440 g/mol. The predicted molar refractivity (Wildman–Crippen MR) is 98.3 cm³/mol. The number of rotatable bonds is 8. The molecule has 0 spiro atoms. The molecule has 2 aliphatic rings. The Hall–Kier alpha value is -1.22. The van der Waals surface area contributed by atoms with Gasteiger partial charge in [-0.05, 0) is 6.42 Å². The van der Waals surface area contributed by atoms with Crippen LogP contribution in [0.25, 0.3) is 0 Å². The van der Waals surface area contributed by atoms with E-state index in [1.165, 1.54) is 7.11 Å². The van der Waals surface area contributed by atoms with E-state index in [1.54, 1.807) is 6.92 Å². The normalized spacial score (nSPS) is 41.6. The van der Waals surface area contributed by atoms with Crippen LogP contribution in [0, 0.1) is 11.8 Å². The maximum Gasteiger partial charge on any atom is 0.333 e. The van der Waals surface area contributed by atoms with Crippen molar-refractivity contribution in [3.8, 4) is 0 Å². The van der Waals surface area contributed by atoms with Crippen molar-refractivity contribution < 1.29 is 59.2 Å². The predicted octanol–water partition coefficient (Wildman–Crippen LogP) is -2.88. The first-order chi connectivity index (χ1) is 14.2. The van der Waals surface area contributed by atoms with Gasteiger partial charge in [0.1, 0.15) is 31.2 Å². The van der Waals surface area contributed by atoms with Crippen molar-refractivity contribution in [1.82, 2.24) is 0 Å². The lowest BCUT2D eigenvalue weighted by molar-refractivity contribution is -0.275. The van der Waals surface area contributed by atoms with Gasteiger partial charge in [0.2, 0.25) is 0 Å². The highest BCUT2D eigenvalue weighted by atomic mass is 16.6. The Kier molecular flexibility index (Phi) is 11.3. The van der Waals surface area contributed by atoms with Crippen LogP contribution in [0.4, 0.5) is 0 Å². The van der Waals surface area contributed by atoms with Crippen LogP contribution in [0.3, 0.4) is 0 Å². The molecule has 176 valence electrons. The van der Waals surface area contributed by atoms with Crippen molar-refractivity contribution in [3.63, 3.8) is 0 Å². The maximum atomic E-state index is 11.5. The second kappa shape index (κ2) is 12.6. The van der Waals surface area contributed by atoms with Crippen LogP contribution in [0.15, 0.2) is 0 Å². The van der Waals surface area contributed by atoms with Gasteiger partial charge in [0.15, 0.2) is 12.4 Å². The number of hydrogen-bond donors (Lipinski definition) is 6. The molecule has 0 radical (unpaired) electrons. The number of methoxy groups -OCH3 is 1. The fraction of sp³-hybridized carbons (Fsp3) is 0.889. The molecule has 12 heteroatoms. The minimum Gasteiger partial charge on any atom is -0.479 e. The highest BCUT2D eigenvalue weighted by Gasteiger charge is 2.48. The monoisotopic (exact) mass is 440 g/mol. The summed E-state index contributed by atoms with van der Waals surface area (Å²) in [6, 6.07) is 0. The van der Waals surface area contributed by atoms with Crippen molar-refractivity contribution in [2.75, 3.05) is 26.9 Å². The second-order valence-electron chi connectivity index (χ2n) is 7.19. The van der Waals surface area contributed by atoms with Gasteiger partial charge in [-0.25, -0.2) is 4.79 Å². The van der Waals surface area contributed by atoms with E-state index in [1.807, 2.05) is 6.79 Å². The maximum absolute atomic E-state index is 11.5. The molecule has 0 saturated carbocycles. The van der Waals surface area contributed by atoms with Crippen molar-refractivity contribution in [2.24, 2.45) is 11.8 Å². The van der Waals surface area contributed by atoms with Gasteiger partial charge in [-0.3, -0.25) is 0 Å². The van der Waals surface area contributed by atoms with E-state index in [4.69, 9.17) is 23.7 Å². The quantitative estimate of drug-likeness (QED) is 0.226. The first kappa shape index (κ1) is 26.8. The molecule has 10 atom stereocenters. The standard InChI is InChI=1S/C17H30O11.CH2O/c1-3-7-11(18)14(21)10(28-17(7)24)6-26-4-8-12(19)13(20)9(5-25-2)27-15(8)16(22)23;1-2/h7-15,17-21,24H,3-6H2,1-2H3,(H,22,23);1H2/t7-,8-,9-,10-,11+,12?,13?,14?,15-,17?;/m0./s1. The molecule has 2 fully saturated rings. The molecule has 2 heterocycles. The summed E-state index contributed by atoms with van der Waals surface area (Å²) in [4.78, 5) is 19.5. The Morgan fingerprint density at radius 3 is 1.90 bits per heavy atom. The molecule has 6 N–H and O–H groups in total. The lowest BCUT2D eigenvalue weighted by atomic mass is 9.87. The van der Waals surface area contributed by atoms with Crippen molar-refractivity contribution >= 4 is 12.8 Å². The Bertz CT molecular complexity index is 519. The third-order valence-electron chi connectivity index (χ3n) is 5.37. The summed E-state index contributed by atoms with van der Waals surface area (Å²) < 4.78 is 20.9. The Balaban J connectivity index is 0.00000218. The van der Waals surface area contributed by atoms with Crippen LogP contribution in [0.2, 0.25) is 0 Å². The van der Waals surface area contributed by atoms with Gasteiger partial charge in [-0.2, -0.15) is 0 Å². The number of carbonyl (C=O) groups excluding carboxylic acids is 1. The summed E-state index contributed by atoms with van der Waals surface area (Å²) in [5, 5.41) is 59.9. The lowest BCUT2D eigenvalue weighted by Crippen LogP contribution is -2.59. The summed E-state index contributed by atoms with van der Waals surface area (Å²) in [5.74, 6) is -3.05. The lowest BCUT2D eigenvalue weighted by Gasteiger charge is -2.42. The number of aliphatic hydroxyl groups excluding tert-OH is 5. The van der Waals surface area contributed by atoms with E-state index in [2.05, 4.69) is 0 Å². The van der Waals surface area contributed by atoms with Crippen LogP contribution >= 0.6 is 0 Å². The highest BCUT2D eigenvalue weighted by Crippen LogP contribution is 2.29. The topological polar surface area (TPSA) is 192 Å². The number of hydrogen-bond acceptors (Lipinski definition) is 11. The molecule has 0 amide bonds. The number of carbonyl (C=O) groups is 2. The van der Waals surface area contributed by atoms with E-state index in [-0.39, 0.29) is 19.8 Å². The smallest absolute Gasteiger partial charge is 0.333 e. The molecule has 2 rings (SSSR count). The molecular weight excluding hydrogens is 408 g/mol. The molecule has 0 bridgehead atoms. The SMILES string of the molecule is C=O.CC[C@@H]1C(O)O[C@@H](COC[C@H]2C(O)C(O)[C@H](COC)O[C@@H]2C(=O)O)C(O)[C@@H]1O. The first-order valence-corrected chi connectivity index (χ1v) is 9.52. The molecule has 0 aromatic rings. The molecule has 30 heavy (non-hydrogen) atoms. The third-order valence-corrected chi connectivity index (χ3v) is 5.37. The summed E-state index contributed by atoms with van der Waals surface area (Å²) in [6.45, 7) is 3.07. The van der Waals surface area contributed by atoms with Crippen molar-refractivity contribution in [2.45, 2.75) is 62.4 Å². The Morgan fingerprint density at radius 1 is 0.867 bits per heavy atom. The number of carboxylic acids is 1. The van der Waals surface area contributed by atoms with E-state index >= 15 is 0 Å². The van der Waals surface area contributed by atoms with Gasteiger partial charge >= 0.3 is 5.97 Å². The highest BCUT2D eigenvalue weighted by molar-refractivity contribution is 5.73. The van der Waals surface area contributed by atoms with Crippen LogP contribution in [-0.2, 0) is 28.5 Å². The minimum absolute atomic E-state index is 0.0912. The molecule has 12 nitrogen and oxygen atoms in total. The van der Waals surface area contributed by atoms with Crippen LogP contribution in [-0.4, -0.2) is 119 Å². The average Bonchev–Trinajstić information content (AvgIpc) is 2.72. The molecule has 4 unspecified atom stereocenters. The summed E-state index contributed by atoms with van der Waals surface area (Å²) in [6.07, 6.45) is -9.65. The Morgan fingerprint density at radius 2 is 1.40 bits per heavy atom. The minimum atomic E-state index is -1.44. The molecule has 0 aromatic heterocycles. The zero-order valence-corrected chi connectivity index (χ0v) is 16.9. The van der Waals surface area contributed by atoms with E-state index < -0.39 is 66.8 Å². The van der Waals surface area contributed by atoms with Gasteiger partial charge in [0.05, 0.1) is 32.0 Å². The van der Waals surface area contributed by atoms with Crippen molar-refractivity contribution in [1.29, 1.82) is 0 Å². The fourth-order valence-electron chi connectivity index (χ4n) is 3.66. The Labute approximate surface area is 173 Å². The third kappa shape index (κ3) is 6.15. The molecule has 2 aliphatic heterocycles. The van der Waals surface area contributed by atoms with E-state index in [9.17, 15) is 35.4 Å². The van der Waals surface area contributed by atoms with Gasteiger partial charge in [0, 0.05) is 18.9 Å². The zero-order valence-electron chi connectivity index (χ0n) is 16.9. The number of carboxylic acid groups (broad SMARTS) is 1. The summed E-state index contributed by atoms with van der Waals surface area (Å²) >= 11 is 0. The van der Waals surface area contributed by atoms with E-state index in [0.29, 0.717) is 6.42 Å². The molecule has 0 aromatic carbocycles.